The summed E-state index contributed by atoms with van der Waals surface area (Å²) in [5, 5.41) is 28.6. The number of aliphatic hydroxyl groups excluding tert-OH is 1. The monoisotopic (exact) mass is 284 g/mol. The van der Waals surface area contributed by atoms with E-state index in [0.717, 1.165) is 0 Å². The highest BCUT2D eigenvalue weighted by molar-refractivity contribution is 6.00. The average Bonchev–Trinajstić information content (AvgIpc) is 2.77. The van der Waals surface area contributed by atoms with E-state index in [-0.39, 0.29) is 11.5 Å². The van der Waals surface area contributed by atoms with Gasteiger partial charge in [-0.1, -0.05) is 24.3 Å². The molecule has 3 rings (SSSR count). The molecule has 5 heteroatoms. The first-order chi connectivity index (χ1) is 10.1. The molecule has 5 nitrogen and oxygen atoms in total. The van der Waals surface area contributed by atoms with Crippen LogP contribution in [0.1, 0.15) is 17.2 Å². The largest absolute Gasteiger partial charge is 0.508 e. The van der Waals surface area contributed by atoms with Crippen molar-refractivity contribution in [3.05, 3.63) is 65.4 Å². The molecule has 1 unspecified atom stereocenters. The smallest absolute Gasteiger partial charge is 0.374 e. The highest BCUT2D eigenvalue weighted by Crippen LogP contribution is 2.41. The topological polar surface area (TPSA) is 87.0 Å². The maximum Gasteiger partial charge on any atom is 0.374 e. The molecule has 0 aliphatic carbocycles. The number of aromatic hydroxyl groups is 2. The van der Waals surface area contributed by atoms with E-state index >= 15 is 0 Å². The lowest BCUT2D eigenvalue weighted by molar-refractivity contribution is -0.142. The molecule has 0 aromatic heterocycles. The second-order valence-electron chi connectivity index (χ2n) is 4.69. The fraction of sp³-hybridized carbons (Fsp3) is 0.0625. The van der Waals surface area contributed by atoms with E-state index in [1.165, 1.54) is 24.3 Å². The quantitative estimate of drug-likeness (QED) is 0.738. The minimum Gasteiger partial charge on any atom is -0.508 e. The highest BCUT2D eigenvalue weighted by atomic mass is 16.6. The Morgan fingerprint density at radius 1 is 0.810 bits per heavy atom. The molecule has 0 saturated heterocycles. The molecule has 2 aromatic carbocycles. The van der Waals surface area contributed by atoms with Gasteiger partial charge in [-0.25, -0.2) is 4.79 Å². The van der Waals surface area contributed by atoms with Crippen molar-refractivity contribution < 1.29 is 24.9 Å². The van der Waals surface area contributed by atoms with Crippen LogP contribution in [0.25, 0.3) is 5.57 Å². The lowest BCUT2D eigenvalue weighted by Crippen LogP contribution is -2.03. The zero-order chi connectivity index (χ0) is 15.0. The van der Waals surface area contributed by atoms with Gasteiger partial charge in [0.25, 0.3) is 0 Å². The second kappa shape index (κ2) is 4.86. The fourth-order valence-electron chi connectivity index (χ4n) is 2.27. The standard InChI is InChI=1S/C16H12O5/c17-11-5-1-9(2-6-11)13-14(19)16(20)21-15(13)10-3-7-12(18)8-4-10/h1-8,15,17-19H. The number of cyclic esters (lactones) is 1. The molecule has 1 aliphatic heterocycles. The number of rotatable bonds is 2. The Kier molecular flexibility index (Phi) is 3.02. The maximum absolute atomic E-state index is 11.6. The van der Waals surface area contributed by atoms with Crippen molar-refractivity contribution in [3.8, 4) is 11.5 Å². The Morgan fingerprint density at radius 3 is 1.90 bits per heavy atom. The second-order valence-corrected chi connectivity index (χ2v) is 4.69. The summed E-state index contributed by atoms with van der Waals surface area (Å²) in [7, 11) is 0. The SMILES string of the molecule is O=C1OC(c2ccc(O)cc2)C(c2ccc(O)cc2)=C1O. The van der Waals surface area contributed by atoms with E-state index in [0.29, 0.717) is 16.7 Å². The van der Waals surface area contributed by atoms with Gasteiger partial charge in [-0.05, 0) is 35.4 Å². The summed E-state index contributed by atoms with van der Waals surface area (Å²) in [5.41, 5.74) is 1.55. The summed E-state index contributed by atoms with van der Waals surface area (Å²) >= 11 is 0. The minimum atomic E-state index is -0.795. The lowest BCUT2D eigenvalue weighted by Gasteiger charge is -2.14. The fourth-order valence-corrected chi connectivity index (χ4v) is 2.27. The van der Waals surface area contributed by atoms with Crippen molar-refractivity contribution in [1.82, 2.24) is 0 Å². The third-order valence-corrected chi connectivity index (χ3v) is 3.31. The summed E-state index contributed by atoms with van der Waals surface area (Å²) in [6, 6.07) is 12.3. The van der Waals surface area contributed by atoms with Crippen LogP contribution in [0.2, 0.25) is 0 Å². The Morgan fingerprint density at radius 2 is 1.33 bits per heavy atom. The van der Waals surface area contributed by atoms with Crippen LogP contribution >= 0.6 is 0 Å². The van der Waals surface area contributed by atoms with Crippen LogP contribution in [0.5, 0.6) is 11.5 Å². The Hall–Kier alpha value is -2.95. The number of aliphatic hydroxyl groups is 1. The van der Waals surface area contributed by atoms with E-state index < -0.39 is 17.8 Å². The summed E-state index contributed by atoms with van der Waals surface area (Å²) < 4.78 is 5.19. The van der Waals surface area contributed by atoms with Crippen LogP contribution in [0.4, 0.5) is 0 Å². The van der Waals surface area contributed by atoms with Gasteiger partial charge in [0, 0.05) is 0 Å². The number of esters is 1. The average molecular weight is 284 g/mol. The molecule has 0 bridgehead atoms. The van der Waals surface area contributed by atoms with Gasteiger partial charge in [-0.3, -0.25) is 0 Å². The van der Waals surface area contributed by atoms with Crippen molar-refractivity contribution in [3.63, 3.8) is 0 Å². The predicted octanol–water partition coefficient (Wildman–Crippen LogP) is 2.67. The van der Waals surface area contributed by atoms with Crippen LogP contribution in [0.3, 0.4) is 0 Å². The van der Waals surface area contributed by atoms with Gasteiger partial charge in [0.05, 0.1) is 5.57 Å². The number of carbonyl (C=O) groups excluding carboxylic acids is 1. The van der Waals surface area contributed by atoms with Gasteiger partial charge in [0.15, 0.2) is 6.10 Å². The van der Waals surface area contributed by atoms with Gasteiger partial charge in [0.2, 0.25) is 5.76 Å². The van der Waals surface area contributed by atoms with E-state index in [4.69, 9.17) is 4.74 Å². The van der Waals surface area contributed by atoms with Gasteiger partial charge in [-0.15, -0.1) is 0 Å². The van der Waals surface area contributed by atoms with Gasteiger partial charge >= 0.3 is 5.97 Å². The number of phenols is 2. The number of hydrogen-bond donors (Lipinski definition) is 3. The van der Waals surface area contributed by atoms with E-state index in [9.17, 15) is 20.1 Å². The van der Waals surface area contributed by atoms with E-state index in [1.54, 1.807) is 24.3 Å². The lowest BCUT2D eigenvalue weighted by atomic mass is 9.95. The van der Waals surface area contributed by atoms with Crippen LogP contribution in [0.15, 0.2) is 54.3 Å². The van der Waals surface area contributed by atoms with Crippen molar-refractivity contribution >= 4 is 11.5 Å². The number of ether oxygens (including phenoxy) is 1. The molecular weight excluding hydrogens is 272 g/mol. The molecule has 106 valence electrons. The first kappa shape index (κ1) is 13.1. The first-order valence-electron chi connectivity index (χ1n) is 6.28. The molecule has 3 N–H and O–H groups in total. The maximum atomic E-state index is 11.6. The zero-order valence-electron chi connectivity index (χ0n) is 10.9. The highest BCUT2D eigenvalue weighted by Gasteiger charge is 2.36. The molecule has 0 amide bonds. The molecule has 1 atom stereocenters. The van der Waals surface area contributed by atoms with Crippen LogP contribution < -0.4 is 0 Å². The van der Waals surface area contributed by atoms with Crippen LogP contribution in [-0.2, 0) is 9.53 Å². The van der Waals surface area contributed by atoms with Crippen LogP contribution in [0, 0.1) is 0 Å². The third-order valence-electron chi connectivity index (χ3n) is 3.31. The summed E-state index contributed by atoms with van der Waals surface area (Å²) in [4.78, 5) is 11.6. The summed E-state index contributed by atoms with van der Waals surface area (Å²) in [5.74, 6) is -1.05. The predicted molar refractivity (Wildman–Crippen MR) is 74.6 cm³/mol. The zero-order valence-corrected chi connectivity index (χ0v) is 10.9. The van der Waals surface area contributed by atoms with Crippen molar-refractivity contribution in [2.24, 2.45) is 0 Å². The minimum absolute atomic E-state index is 0.0882. The molecule has 21 heavy (non-hydrogen) atoms. The molecule has 2 aromatic rings. The molecule has 1 aliphatic rings. The molecule has 0 saturated carbocycles. The normalized spacial score (nSPS) is 17.9. The molecule has 0 radical (unpaired) electrons. The van der Waals surface area contributed by atoms with E-state index in [2.05, 4.69) is 0 Å². The van der Waals surface area contributed by atoms with Gasteiger partial charge in [0.1, 0.15) is 11.5 Å². The molecule has 0 spiro atoms. The number of hydrogen-bond acceptors (Lipinski definition) is 5. The Labute approximate surface area is 120 Å². The van der Waals surface area contributed by atoms with E-state index in [1.807, 2.05) is 0 Å². The third kappa shape index (κ3) is 2.29. The summed E-state index contributed by atoms with van der Waals surface area (Å²) in [6.07, 6.45) is -0.748. The molecule has 0 fully saturated rings. The van der Waals surface area contributed by atoms with Crippen molar-refractivity contribution in [2.45, 2.75) is 6.10 Å². The van der Waals surface area contributed by atoms with Crippen LogP contribution in [-0.4, -0.2) is 21.3 Å². The van der Waals surface area contributed by atoms with Gasteiger partial charge < -0.3 is 20.1 Å². The van der Waals surface area contributed by atoms with Crippen molar-refractivity contribution in [2.75, 3.05) is 0 Å². The Balaban J connectivity index is 2.07. The van der Waals surface area contributed by atoms with Crippen molar-refractivity contribution in [1.29, 1.82) is 0 Å². The molecular formula is C16H12O5. The number of benzene rings is 2. The summed E-state index contributed by atoms with van der Waals surface area (Å²) in [6.45, 7) is 0. The number of carbonyl (C=O) groups is 1. The van der Waals surface area contributed by atoms with Gasteiger partial charge in [-0.2, -0.15) is 0 Å². The Bertz CT molecular complexity index is 713. The molecule has 1 heterocycles. The first-order valence-corrected chi connectivity index (χ1v) is 6.28. The number of phenolic OH excluding ortho intramolecular Hbond substituents is 2.